The van der Waals surface area contributed by atoms with Gasteiger partial charge in [-0.25, -0.2) is 4.79 Å². The average molecular weight is 383 g/mol. The molecule has 28 heavy (non-hydrogen) atoms. The number of aliphatic carboxylic acids is 1. The second-order valence-corrected chi connectivity index (χ2v) is 6.68. The van der Waals surface area contributed by atoms with Crippen molar-refractivity contribution in [1.82, 2.24) is 4.90 Å². The molecule has 8 heteroatoms. The number of nitro groups is 1. The van der Waals surface area contributed by atoms with E-state index >= 15 is 0 Å². The van der Waals surface area contributed by atoms with Crippen LogP contribution in [0, 0.1) is 10.1 Å². The van der Waals surface area contributed by atoms with E-state index in [9.17, 15) is 24.8 Å². The Kier molecular flexibility index (Phi) is 5.88. The van der Waals surface area contributed by atoms with E-state index in [1.54, 1.807) is 12.1 Å². The molecule has 1 aliphatic heterocycles. The highest BCUT2D eigenvalue weighted by Gasteiger charge is 2.33. The molecule has 0 bridgehead atoms. The van der Waals surface area contributed by atoms with Crippen LogP contribution in [0.15, 0.2) is 48.5 Å². The number of carboxylic acid groups (broad SMARTS) is 1. The predicted octanol–water partition coefficient (Wildman–Crippen LogP) is 2.83. The summed E-state index contributed by atoms with van der Waals surface area (Å²) >= 11 is 0. The molecule has 0 fully saturated rings. The molecule has 0 saturated carbocycles. The maximum atomic E-state index is 12.6. The summed E-state index contributed by atoms with van der Waals surface area (Å²) in [6.07, 6.45) is 1.07. The third-order valence-electron chi connectivity index (χ3n) is 4.83. The van der Waals surface area contributed by atoms with E-state index in [0.29, 0.717) is 25.9 Å². The molecule has 2 aromatic carbocycles. The summed E-state index contributed by atoms with van der Waals surface area (Å²) in [5.74, 6) is -1.18. The highest BCUT2D eigenvalue weighted by Crippen LogP contribution is 2.24. The van der Waals surface area contributed by atoms with E-state index < -0.39 is 16.9 Å². The summed E-state index contributed by atoms with van der Waals surface area (Å²) < 4.78 is 0. The Labute approximate surface area is 161 Å². The van der Waals surface area contributed by atoms with E-state index in [-0.39, 0.29) is 18.0 Å². The van der Waals surface area contributed by atoms with Gasteiger partial charge in [-0.05, 0) is 29.7 Å². The molecule has 146 valence electrons. The number of anilines is 1. The summed E-state index contributed by atoms with van der Waals surface area (Å²) in [6, 6.07) is 12.8. The van der Waals surface area contributed by atoms with Gasteiger partial charge in [0.2, 0.25) is 5.91 Å². The van der Waals surface area contributed by atoms with Crippen molar-refractivity contribution >= 4 is 23.3 Å². The van der Waals surface area contributed by atoms with Crippen LogP contribution >= 0.6 is 0 Å². The Hall–Kier alpha value is -3.42. The highest BCUT2D eigenvalue weighted by atomic mass is 16.6. The van der Waals surface area contributed by atoms with Crippen molar-refractivity contribution in [2.24, 2.45) is 0 Å². The number of nitrogens with zero attached hydrogens (tertiary/aromatic N) is 2. The van der Waals surface area contributed by atoms with Gasteiger partial charge in [0.1, 0.15) is 6.04 Å². The first-order valence-electron chi connectivity index (χ1n) is 9.03. The molecule has 2 aromatic rings. The molecule has 1 amide bonds. The number of fused-ring (bicyclic) bond motifs is 1. The van der Waals surface area contributed by atoms with Crippen molar-refractivity contribution in [3.8, 4) is 0 Å². The first-order chi connectivity index (χ1) is 13.5. The molecule has 1 unspecified atom stereocenters. The number of benzene rings is 2. The van der Waals surface area contributed by atoms with Gasteiger partial charge in [0.05, 0.1) is 4.92 Å². The van der Waals surface area contributed by atoms with Crippen molar-refractivity contribution in [2.75, 3.05) is 11.9 Å². The van der Waals surface area contributed by atoms with Crippen LogP contribution in [0.5, 0.6) is 0 Å². The van der Waals surface area contributed by atoms with Crippen molar-refractivity contribution in [1.29, 1.82) is 0 Å². The number of carbonyl (C=O) groups is 2. The third-order valence-corrected chi connectivity index (χ3v) is 4.83. The molecule has 3 rings (SSSR count). The van der Waals surface area contributed by atoms with Gasteiger partial charge in [-0.2, -0.15) is 0 Å². The van der Waals surface area contributed by atoms with Crippen molar-refractivity contribution in [2.45, 2.75) is 31.8 Å². The first kappa shape index (κ1) is 19.3. The second kappa shape index (κ2) is 8.51. The number of nitro benzene ring substituents is 1. The van der Waals surface area contributed by atoms with Crippen LogP contribution in [0.3, 0.4) is 0 Å². The molecule has 8 nitrogen and oxygen atoms in total. The Morgan fingerprint density at radius 1 is 1.14 bits per heavy atom. The van der Waals surface area contributed by atoms with Crippen LogP contribution in [0.1, 0.15) is 24.0 Å². The summed E-state index contributed by atoms with van der Waals surface area (Å²) in [5, 5.41) is 23.3. The number of rotatable bonds is 7. The smallest absolute Gasteiger partial charge is 0.326 e. The molecule has 1 atom stereocenters. The minimum absolute atomic E-state index is 0.0193. The van der Waals surface area contributed by atoms with Crippen LogP contribution in [-0.4, -0.2) is 39.4 Å². The molecule has 0 spiro atoms. The van der Waals surface area contributed by atoms with Gasteiger partial charge in [-0.15, -0.1) is 0 Å². The lowest BCUT2D eigenvalue weighted by molar-refractivity contribution is -0.384. The maximum Gasteiger partial charge on any atom is 0.326 e. The summed E-state index contributed by atoms with van der Waals surface area (Å²) in [6.45, 7) is 0.813. The quantitative estimate of drug-likeness (QED) is 0.432. The van der Waals surface area contributed by atoms with E-state index in [2.05, 4.69) is 5.32 Å². The molecule has 2 N–H and O–H groups in total. The van der Waals surface area contributed by atoms with Gasteiger partial charge < -0.3 is 15.3 Å². The molecule has 0 aliphatic carbocycles. The summed E-state index contributed by atoms with van der Waals surface area (Å²) in [4.78, 5) is 35.9. The fourth-order valence-corrected chi connectivity index (χ4v) is 3.32. The van der Waals surface area contributed by atoms with Crippen molar-refractivity contribution in [3.05, 3.63) is 69.8 Å². The third kappa shape index (κ3) is 4.46. The van der Waals surface area contributed by atoms with Gasteiger partial charge in [-0.1, -0.05) is 24.3 Å². The molecule has 0 saturated heterocycles. The molecule has 1 heterocycles. The Morgan fingerprint density at radius 2 is 1.82 bits per heavy atom. The fourth-order valence-electron chi connectivity index (χ4n) is 3.32. The van der Waals surface area contributed by atoms with E-state index in [4.69, 9.17) is 0 Å². The van der Waals surface area contributed by atoms with Crippen LogP contribution in [-0.2, 0) is 22.6 Å². The number of carbonyl (C=O) groups excluding carboxylic acids is 1. The van der Waals surface area contributed by atoms with E-state index in [1.165, 1.54) is 17.0 Å². The lowest BCUT2D eigenvalue weighted by Crippen LogP contribution is -2.48. The Balaban J connectivity index is 1.53. The Bertz CT molecular complexity index is 882. The minimum Gasteiger partial charge on any atom is -0.480 e. The summed E-state index contributed by atoms with van der Waals surface area (Å²) in [7, 11) is 0. The minimum atomic E-state index is -0.994. The molecule has 1 aliphatic rings. The zero-order chi connectivity index (χ0) is 20.1. The predicted molar refractivity (Wildman–Crippen MR) is 103 cm³/mol. The largest absolute Gasteiger partial charge is 0.480 e. The van der Waals surface area contributed by atoms with Crippen LogP contribution in [0.4, 0.5) is 11.4 Å². The number of hydrogen-bond donors (Lipinski definition) is 2. The van der Waals surface area contributed by atoms with Gasteiger partial charge in [0, 0.05) is 43.8 Å². The fraction of sp³-hybridized carbons (Fsp3) is 0.300. The number of amides is 1. The maximum absolute atomic E-state index is 12.6. The molecular formula is C20H21N3O5. The van der Waals surface area contributed by atoms with Crippen LogP contribution < -0.4 is 5.32 Å². The van der Waals surface area contributed by atoms with Gasteiger partial charge in [0.25, 0.3) is 5.69 Å². The van der Waals surface area contributed by atoms with E-state index in [0.717, 1.165) is 16.8 Å². The molecular weight excluding hydrogens is 362 g/mol. The second-order valence-electron chi connectivity index (χ2n) is 6.68. The molecule has 0 aromatic heterocycles. The number of carboxylic acids is 1. The van der Waals surface area contributed by atoms with Gasteiger partial charge in [0.15, 0.2) is 0 Å². The monoisotopic (exact) mass is 383 g/mol. The number of nitrogens with one attached hydrogen (secondary N) is 1. The Morgan fingerprint density at radius 3 is 2.46 bits per heavy atom. The van der Waals surface area contributed by atoms with Gasteiger partial charge in [-0.3, -0.25) is 14.9 Å². The highest BCUT2D eigenvalue weighted by molar-refractivity contribution is 5.84. The van der Waals surface area contributed by atoms with Gasteiger partial charge >= 0.3 is 5.97 Å². The standard InChI is InChI=1S/C20H21N3O5/c24-19(6-3-11-21-16-7-9-17(10-8-16)23(27)28)22-13-15-5-2-1-4-14(15)12-18(22)20(25)26/h1-2,4-5,7-10,18,21H,3,6,11-13H2,(H,25,26). The zero-order valence-corrected chi connectivity index (χ0v) is 15.2. The molecule has 0 radical (unpaired) electrons. The zero-order valence-electron chi connectivity index (χ0n) is 15.2. The van der Waals surface area contributed by atoms with Crippen LogP contribution in [0.25, 0.3) is 0 Å². The summed E-state index contributed by atoms with van der Waals surface area (Å²) in [5.41, 5.74) is 2.70. The lowest BCUT2D eigenvalue weighted by atomic mass is 9.93. The number of hydrogen-bond acceptors (Lipinski definition) is 5. The van der Waals surface area contributed by atoms with Crippen molar-refractivity contribution in [3.63, 3.8) is 0 Å². The van der Waals surface area contributed by atoms with E-state index in [1.807, 2.05) is 24.3 Å². The van der Waals surface area contributed by atoms with Crippen molar-refractivity contribution < 1.29 is 19.6 Å². The van der Waals surface area contributed by atoms with Crippen LogP contribution in [0.2, 0.25) is 0 Å². The normalized spacial score (nSPS) is 15.6. The first-order valence-corrected chi connectivity index (χ1v) is 9.03. The SMILES string of the molecule is O=C(O)C1Cc2ccccc2CN1C(=O)CCCNc1ccc([N+](=O)[O-])cc1. The topological polar surface area (TPSA) is 113 Å². The average Bonchev–Trinajstić information content (AvgIpc) is 2.70. The number of non-ortho nitro benzene ring substituents is 1. The lowest BCUT2D eigenvalue weighted by Gasteiger charge is -2.34.